The Morgan fingerprint density at radius 2 is 1.45 bits per heavy atom. The summed E-state index contributed by atoms with van der Waals surface area (Å²) in [6.45, 7) is 6.86. The van der Waals surface area contributed by atoms with Crippen molar-refractivity contribution in [3.63, 3.8) is 0 Å². The van der Waals surface area contributed by atoms with Crippen LogP contribution in [0, 0.1) is 6.92 Å². The molecule has 1 heterocycles. The number of aliphatic hydroxyl groups is 1. The number of methoxy groups -OCH3 is 1. The van der Waals surface area contributed by atoms with Crippen molar-refractivity contribution in [3.05, 3.63) is 101 Å². The van der Waals surface area contributed by atoms with Gasteiger partial charge in [0.25, 0.3) is 0 Å². The summed E-state index contributed by atoms with van der Waals surface area (Å²) in [5, 5.41) is 11.3. The molecule has 4 rings (SSSR count). The van der Waals surface area contributed by atoms with Crippen molar-refractivity contribution < 1.29 is 9.84 Å². The van der Waals surface area contributed by atoms with Crippen LogP contribution in [0.25, 0.3) is 0 Å². The summed E-state index contributed by atoms with van der Waals surface area (Å²) in [6.07, 6.45) is -0.558. The summed E-state index contributed by atoms with van der Waals surface area (Å²) in [6, 6.07) is 26.9. The number of rotatable bonds is 7. The molecule has 1 fully saturated rings. The van der Waals surface area contributed by atoms with E-state index in [1.165, 1.54) is 16.7 Å². The van der Waals surface area contributed by atoms with Crippen molar-refractivity contribution in [2.24, 2.45) is 0 Å². The lowest BCUT2D eigenvalue weighted by Crippen LogP contribution is -2.48. The highest BCUT2D eigenvalue weighted by atomic mass is 16.5. The summed E-state index contributed by atoms with van der Waals surface area (Å²) in [4.78, 5) is 4.92. The first-order valence-electron chi connectivity index (χ1n) is 11.0. The highest BCUT2D eigenvalue weighted by Crippen LogP contribution is 2.35. The first kappa shape index (κ1) is 21.6. The van der Waals surface area contributed by atoms with Crippen LogP contribution in [0.1, 0.15) is 34.4 Å². The molecule has 2 unspecified atom stereocenters. The van der Waals surface area contributed by atoms with Crippen molar-refractivity contribution in [3.8, 4) is 5.75 Å². The number of benzene rings is 3. The van der Waals surface area contributed by atoms with E-state index in [1.54, 1.807) is 7.11 Å². The zero-order valence-corrected chi connectivity index (χ0v) is 18.4. The summed E-state index contributed by atoms with van der Waals surface area (Å²) in [5.74, 6) is 0.893. The molecule has 0 radical (unpaired) electrons. The van der Waals surface area contributed by atoms with Gasteiger partial charge in [-0.25, -0.2) is 0 Å². The van der Waals surface area contributed by atoms with Crippen LogP contribution in [0.3, 0.4) is 0 Å². The number of hydrogen-bond donors (Lipinski definition) is 1. The molecule has 2 atom stereocenters. The summed E-state index contributed by atoms with van der Waals surface area (Å²) < 4.78 is 5.26. The van der Waals surface area contributed by atoms with E-state index in [0.717, 1.165) is 44.0 Å². The van der Waals surface area contributed by atoms with Gasteiger partial charge in [-0.2, -0.15) is 0 Å². The van der Waals surface area contributed by atoms with E-state index in [2.05, 4.69) is 53.1 Å². The third kappa shape index (κ3) is 5.34. The number of hydrogen-bond acceptors (Lipinski definition) is 4. The largest absolute Gasteiger partial charge is 0.497 e. The average Bonchev–Trinajstić information content (AvgIpc) is 2.82. The van der Waals surface area contributed by atoms with Crippen molar-refractivity contribution in [2.45, 2.75) is 25.6 Å². The average molecular weight is 417 g/mol. The van der Waals surface area contributed by atoms with Crippen LogP contribution < -0.4 is 4.74 Å². The molecule has 162 valence electrons. The lowest BCUT2D eigenvalue weighted by atomic mass is 9.93. The molecule has 1 aliphatic heterocycles. The van der Waals surface area contributed by atoms with Crippen molar-refractivity contribution in [2.75, 3.05) is 33.3 Å². The number of piperazine rings is 1. The molecular formula is C27H32N2O2. The minimum absolute atomic E-state index is 0.0499. The topological polar surface area (TPSA) is 35.9 Å². The third-order valence-corrected chi connectivity index (χ3v) is 6.22. The molecule has 0 spiro atoms. The molecule has 0 bridgehead atoms. The molecule has 31 heavy (non-hydrogen) atoms. The second kappa shape index (κ2) is 10.1. The molecule has 0 aromatic heterocycles. The second-order valence-corrected chi connectivity index (χ2v) is 8.37. The second-order valence-electron chi connectivity index (χ2n) is 8.37. The molecule has 1 saturated heterocycles. The predicted octanol–water partition coefficient (Wildman–Crippen LogP) is 4.60. The van der Waals surface area contributed by atoms with Gasteiger partial charge in [-0.15, -0.1) is 0 Å². The van der Waals surface area contributed by atoms with Gasteiger partial charge in [0.1, 0.15) is 5.75 Å². The highest BCUT2D eigenvalue weighted by Gasteiger charge is 2.31. The smallest absolute Gasteiger partial charge is 0.118 e. The molecule has 3 aromatic carbocycles. The molecule has 0 saturated carbocycles. The van der Waals surface area contributed by atoms with Crippen LogP contribution >= 0.6 is 0 Å². The van der Waals surface area contributed by atoms with E-state index in [9.17, 15) is 5.11 Å². The lowest BCUT2D eigenvalue weighted by Gasteiger charge is -2.41. The number of ether oxygens (including phenoxy) is 1. The van der Waals surface area contributed by atoms with E-state index in [-0.39, 0.29) is 6.04 Å². The predicted molar refractivity (Wildman–Crippen MR) is 125 cm³/mol. The molecular weight excluding hydrogens is 384 g/mol. The fraction of sp³-hybridized carbons (Fsp3) is 0.333. The first-order chi connectivity index (χ1) is 15.1. The summed E-state index contributed by atoms with van der Waals surface area (Å²) in [7, 11) is 1.70. The summed E-state index contributed by atoms with van der Waals surface area (Å²) in [5.41, 5.74) is 4.67. The molecule has 4 nitrogen and oxygen atoms in total. The van der Waals surface area contributed by atoms with Crippen LogP contribution in [0.5, 0.6) is 5.75 Å². The van der Waals surface area contributed by atoms with Gasteiger partial charge in [0, 0.05) is 32.7 Å². The van der Waals surface area contributed by atoms with Gasteiger partial charge in [0.05, 0.1) is 19.3 Å². The maximum Gasteiger partial charge on any atom is 0.118 e. The molecule has 4 heteroatoms. The fourth-order valence-electron chi connectivity index (χ4n) is 4.38. The van der Waals surface area contributed by atoms with Gasteiger partial charge in [-0.3, -0.25) is 9.80 Å². The van der Waals surface area contributed by atoms with E-state index >= 15 is 0 Å². The quantitative estimate of drug-likeness (QED) is 0.611. The van der Waals surface area contributed by atoms with Crippen LogP contribution in [0.15, 0.2) is 78.9 Å². The van der Waals surface area contributed by atoms with Gasteiger partial charge >= 0.3 is 0 Å². The van der Waals surface area contributed by atoms with Crippen LogP contribution in [0.2, 0.25) is 0 Å². The fourth-order valence-corrected chi connectivity index (χ4v) is 4.38. The third-order valence-electron chi connectivity index (χ3n) is 6.22. The number of nitrogens with zero attached hydrogens (tertiary/aromatic N) is 2. The van der Waals surface area contributed by atoms with Gasteiger partial charge in [0.2, 0.25) is 0 Å². The summed E-state index contributed by atoms with van der Waals surface area (Å²) >= 11 is 0. The normalized spacial score (nSPS) is 17.3. The standard InChI is InChI=1S/C27H32N2O2/c1-21-8-12-23(13-9-21)26(27(30)24-6-4-3-5-7-24)29-18-16-28(17-19-29)20-22-10-14-25(31-2)15-11-22/h3-15,26-27,30H,16-20H2,1-2H3. The van der Waals surface area contributed by atoms with Gasteiger partial charge < -0.3 is 9.84 Å². The van der Waals surface area contributed by atoms with Crippen molar-refractivity contribution in [1.82, 2.24) is 9.80 Å². The van der Waals surface area contributed by atoms with Crippen LogP contribution in [0.4, 0.5) is 0 Å². The Balaban J connectivity index is 1.47. The Bertz CT molecular complexity index is 933. The molecule has 1 N–H and O–H groups in total. The van der Waals surface area contributed by atoms with Gasteiger partial charge in [0.15, 0.2) is 0 Å². The Morgan fingerprint density at radius 1 is 0.806 bits per heavy atom. The Hall–Kier alpha value is -2.66. The Kier molecular flexibility index (Phi) is 7.03. The van der Waals surface area contributed by atoms with E-state index in [0.29, 0.717) is 0 Å². The molecule has 0 amide bonds. The molecule has 3 aromatic rings. The first-order valence-corrected chi connectivity index (χ1v) is 11.0. The minimum atomic E-state index is -0.558. The molecule has 1 aliphatic rings. The monoisotopic (exact) mass is 416 g/mol. The maximum atomic E-state index is 11.3. The Morgan fingerprint density at radius 3 is 2.06 bits per heavy atom. The number of aryl methyl sites for hydroxylation is 1. The van der Waals surface area contributed by atoms with Crippen LogP contribution in [-0.4, -0.2) is 48.2 Å². The van der Waals surface area contributed by atoms with E-state index in [4.69, 9.17) is 4.74 Å². The van der Waals surface area contributed by atoms with Gasteiger partial charge in [-0.1, -0.05) is 72.3 Å². The highest BCUT2D eigenvalue weighted by molar-refractivity contribution is 5.29. The SMILES string of the molecule is COc1ccc(CN2CCN(C(c3ccc(C)cc3)C(O)c3ccccc3)CC2)cc1. The number of aliphatic hydroxyl groups excluding tert-OH is 1. The minimum Gasteiger partial charge on any atom is -0.497 e. The lowest BCUT2D eigenvalue weighted by molar-refractivity contribution is 0.0148. The van der Waals surface area contributed by atoms with Crippen LogP contribution in [-0.2, 0) is 6.54 Å². The van der Waals surface area contributed by atoms with Crippen molar-refractivity contribution >= 4 is 0 Å². The van der Waals surface area contributed by atoms with E-state index < -0.39 is 6.10 Å². The van der Waals surface area contributed by atoms with Crippen molar-refractivity contribution in [1.29, 1.82) is 0 Å². The molecule has 0 aliphatic carbocycles. The Labute approximate surface area is 185 Å². The van der Waals surface area contributed by atoms with Gasteiger partial charge in [-0.05, 0) is 35.7 Å². The maximum absolute atomic E-state index is 11.3. The zero-order chi connectivity index (χ0) is 21.6. The van der Waals surface area contributed by atoms with E-state index in [1.807, 2.05) is 42.5 Å². The zero-order valence-electron chi connectivity index (χ0n) is 18.4.